The van der Waals surface area contributed by atoms with E-state index in [1.807, 2.05) is 26.0 Å². The van der Waals surface area contributed by atoms with Gasteiger partial charge in [-0.05, 0) is 44.4 Å². The lowest BCUT2D eigenvalue weighted by atomic mass is 10.1. The number of hydrogen-bond acceptors (Lipinski definition) is 3. The van der Waals surface area contributed by atoms with E-state index in [9.17, 15) is 4.79 Å². The molecule has 0 aliphatic heterocycles. The van der Waals surface area contributed by atoms with E-state index in [1.165, 1.54) is 16.9 Å². The van der Waals surface area contributed by atoms with Crippen molar-refractivity contribution in [2.75, 3.05) is 0 Å². The van der Waals surface area contributed by atoms with E-state index in [0.29, 0.717) is 0 Å². The first-order valence-electron chi connectivity index (χ1n) is 7.01. The quantitative estimate of drug-likeness (QED) is 0.863. The first-order valence-corrected chi connectivity index (χ1v) is 8.62. The van der Waals surface area contributed by atoms with Gasteiger partial charge in [0.25, 0.3) is 5.91 Å². The summed E-state index contributed by atoms with van der Waals surface area (Å²) in [5.74, 6) is -0.0192. The number of carbonyl (C=O) groups excluding carboxylic acids is 1. The summed E-state index contributed by atoms with van der Waals surface area (Å²) in [5.41, 5.74) is 2.03. The molecule has 1 aromatic heterocycles. The van der Waals surface area contributed by atoms with E-state index in [0.717, 1.165) is 32.9 Å². The van der Waals surface area contributed by atoms with E-state index in [-0.39, 0.29) is 11.9 Å². The Bertz CT molecular complexity index is 622. The highest BCUT2D eigenvalue weighted by Gasteiger charge is 2.16. The minimum Gasteiger partial charge on any atom is -0.348 e. The number of benzene rings is 1. The highest BCUT2D eigenvalue weighted by Crippen LogP contribution is 2.19. The predicted octanol–water partition coefficient (Wildman–Crippen LogP) is 4.14. The molecule has 21 heavy (non-hydrogen) atoms. The van der Waals surface area contributed by atoms with Gasteiger partial charge < -0.3 is 5.32 Å². The molecule has 1 heterocycles. The van der Waals surface area contributed by atoms with Crippen LogP contribution in [0.25, 0.3) is 0 Å². The molecule has 5 heteroatoms. The standard InChI is InChI=1S/C16H19BrN2OS/c1-4-14-19-11(3)15(21-14)16(20)18-10(2)9-12-5-7-13(17)8-6-12/h5-8,10H,4,9H2,1-3H3,(H,18,20). The van der Waals surface area contributed by atoms with E-state index < -0.39 is 0 Å². The number of amides is 1. The molecule has 0 radical (unpaired) electrons. The highest BCUT2D eigenvalue weighted by molar-refractivity contribution is 9.10. The van der Waals surface area contributed by atoms with Crippen LogP contribution in [-0.4, -0.2) is 16.9 Å². The van der Waals surface area contributed by atoms with E-state index in [1.54, 1.807) is 0 Å². The zero-order valence-corrected chi connectivity index (χ0v) is 14.8. The molecule has 0 saturated heterocycles. The minimum atomic E-state index is -0.0192. The van der Waals surface area contributed by atoms with Crippen molar-refractivity contribution in [2.45, 2.75) is 39.7 Å². The number of nitrogens with zero attached hydrogens (tertiary/aromatic N) is 1. The molecule has 1 amide bonds. The van der Waals surface area contributed by atoms with Crippen LogP contribution >= 0.6 is 27.3 Å². The summed E-state index contributed by atoms with van der Waals surface area (Å²) in [6, 6.07) is 8.26. The molecular weight excluding hydrogens is 348 g/mol. The van der Waals surface area contributed by atoms with Gasteiger partial charge in [0.15, 0.2) is 0 Å². The normalized spacial score (nSPS) is 12.2. The molecule has 1 unspecified atom stereocenters. The Labute approximate surface area is 137 Å². The van der Waals surface area contributed by atoms with Crippen LogP contribution < -0.4 is 5.32 Å². The largest absolute Gasteiger partial charge is 0.348 e. The molecule has 0 spiro atoms. The fraction of sp³-hybridized carbons (Fsp3) is 0.375. The Morgan fingerprint density at radius 2 is 2.05 bits per heavy atom. The summed E-state index contributed by atoms with van der Waals surface area (Å²) in [4.78, 5) is 17.4. The second kappa shape index (κ2) is 7.18. The Kier molecular flexibility index (Phi) is 5.53. The maximum absolute atomic E-state index is 12.3. The van der Waals surface area contributed by atoms with Gasteiger partial charge in [-0.3, -0.25) is 4.79 Å². The van der Waals surface area contributed by atoms with Crippen LogP contribution in [0.1, 0.15) is 39.8 Å². The van der Waals surface area contributed by atoms with Crippen LogP contribution in [0, 0.1) is 6.92 Å². The van der Waals surface area contributed by atoms with Crippen molar-refractivity contribution >= 4 is 33.2 Å². The van der Waals surface area contributed by atoms with E-state index in [4.69, 9.17) is 0 Å². The van der Waals surface area contributed by atoms with Gasteiger partial charge in [-0.25, -0.2) is 4.98 Å². The fourth-order valence-electron chi connectivity index (χ4n) is 2.13. The number of thiazole rings is 1. The number of halogens is 1. The summed E-state index contributed by atoms with van der Waals surface area (Å²) >= 11 is 4.91. The topological polar surface area (TPSA) is 42.0 Å². The van der Waals surface area contributed by atoms with Crippen LogP contribution in [0.2, 0.25) is 0 Å². The van der Waals surface area contributed by atoms with Gasteiger partial charge in [-0.2, -0.15) is 0 Å². The first-order chi connectivity index (χ1) is 9.99. The summed E-state index contributed by atoms with van der Waals surface area (Å²) < 4.78 is 1.07. The molecule has 112 valence electrons. The maximum atomic E-state index is 12.3. The predicted molar refractivity (Wildman–Crippen MR) is 91.0 cm³/mol. The van der Waals surface area contributed by atoms with Crippen LogP contribution in [0.15, 0.2) is 28.7 Å². The molecule has 0 bridgehead atoms. The zero-order valence-electron chi connectivity index (χ0n) is 12.4. The van der Waals surface area contributed by atoms with Crippen molar-refractivity contribution < 1.29 is 4.79 Å². The van der Waals surface area contributed by atoms with E-state index in [2.05, 4.69) is 45.3 Å². The molecule has 2 rings (SSSR count). The number of rotatable bonds is 5. The molecule has 0 fully saturated rings. The van der Waals surface area contributed by atoms with Crippen LogP contribution in [0.5, 0.6) is 0 Å². The molecule has 1 N–H and O–H groups in total. The van der Waals surface area contributed by atoms with Gasteiger partial charge in [-0.1, -0.05) is 35.0 Å². The van der Waals surface area contributed by atoms with Crippen molar-refractivity contribution in [3.8, 4) is 0 Å². The second-order valence-electron chi connectivity index (χ2n) is 5.08. The molecule has 2 aromatic rings. The smallest absolute Gasteiger partial charge is 0.263 e. The van der Waals surface area contributed by atoms with Gasteiger partial charge >= 0.3 is 0 Å². The highest BCUT2D eigenvalue weighted by atomic mass is 79.9. The van der Waals surface area contributed by atoms with Gasteiger partial charge in [0.2, 0.25) is 0 Å². The number of nitrogens with one attached hydrogen (secondary N) is 1. The monoisotopic (exact) mass is 366 g/mol. The summed E-state index contributed by atoms with van der Waals surface area (Å²) in [6.07, 6.45) is 1.69. The molecular formula is C16H19BrN2OS. The van der Waals surface area contributed by atoms with Crippen molar-refractivity contribution in [3.05, 3.63) is 49.9 Å². The van der Waals surface area contributed by atoms with Gasteiger partial charge in [0.05, 0.1) is 10.7 Å². The van der Waals surface area contributed by atoms with Crippen molar-refractivity contribution in [1.29, 1.82) is 0 Å². The Morgan fingerprint density at radius 3 is 2.62 bits per heavy atom. The van der Waals surface area contributed by atoms with Crippen molar-refractivity contribution in [1.82, 2.24) is 10.3 Å². The number of hydrogen-bond donors (Lipinski definition) is 1. The average Bonchev–Trinajstić information content (AvgIpc) is 2.82. The third kappa shape index (κ3) is 4.38. The summed E-state index contributed by atoms with van der Waals surface area (Å²) in [6.45, 7) is 5.97. The molecule has 1 aromatic carbocycles. The van der Waals surface area contributed by atoms with Crippen LogP contribution in [-0.2, 0) is 12.8 Å². The SMILES string of the molecule is CCc1nc(C)c(C(=O)NC(C)Cc2ccc(Br)cc2)s1. The Morgan fingerprint density at radius 1 is 1.38 bits per heavy atom. The second-order valence-corrected chi connectivity index (χ2v) is 7.08. The molecule has 0 aliphatic carbocycles. The van der Waals surface area contributed by atoms with Crippen LogP contribution in [0.3, 0.4) is 0 Å². The Balaban J connectivity index is 1.98. The summed E-state index contributed by atoms with van der Waals surface area (Å²) in [5, 5.41) is 4.07. The van der Waals surface area contributed by atoms with Crippen LogP contribution in [0.4, 0.5) is 0 Å². The Hall–Kier alpha value is -1.20. The summed E-state index contributed by atoms with van der Waals surface area (Å²) in [7, 11) is 0. The number of carbonyl (C=O) groups is 1. The third-order valence-corrected chi connectivity index (χ3v) is 5.01. The molecule has 0 saturated carbocycles. The number of aryl methyl sites for hydroxylation is 2. The lowest BCUT2D eigenvalue weighted by Crippen LogP contribution is -2.33. The number of aromatic nitrogens is 1. The maximum Gasteiger partial charge on any atom is 0.263 e. The zero-order chi connectivity index (χ0) is 15.4. The molecule has 0 aliphatic rings. The lowest BCUT2D eigenvalue weighted by Gasteiger charge is -2.13. The lowest BCUT2D eigenvalue weighted by molar-refractivity contribution is 0.0943. The fourth-order valence-corrected chi connectivity index (χ4v) is 3.30. The van der Waals surface area contributed by atoms with E-state index >= 15 is 0 Å². The average molecular weight is 367 g/mol. The van der Waals surface area contributed by atoms with Gasteiger partial charge in [-0.15, -0.1) is 11.3 Å². The van der Waals surface area contributed by atoms with Crippen molar-refractivity contribution in [3.63, 3.8) is 0 Å². The molecule has 3 nitrogen and oxygen atoms in total. The van der Waals surface area contributed by atoms with Crippen molar-refractivity contribution in [2.24, 2.45) is 0 Å². The molecule has 1 atom stereocenters. The van der Waals surface area contributed by atoms with Gasteiger partial charge in [0, 0.05) is 10.5 Å². The van der Waals surface area contributed by atoms with Gasteiger partial charge in [0.1, 0.15) is 4.88 Å². The third-order valence-electron chi connectivity index (χ3n) is 3.18. The first kappa shape index (κ1) is 16.2. The minimum absolute atomic E-state index is 0.0192.